The van der Waals surface area contributed by atoms with Crippen molar-refractivity contribution in [2.24, 2.45) is 0 Å². The molecule has 4 nitrogen and oxygen atoms in total. The Hall–Kier alpha value is -2.69. The molecule has 0 bridgehead atoms. The number of aromatic nitrogens is 1. The SMILES string of the molecule is c1ccc(COc2ccc(CN3CCN(CCc4ccccn4)CC3)cc2)cc1. The van der Waals surface area contributed by atoms with Crippen molar-refractivity contribution in [1.82, 2.24) is 14.8 Å². The number of nitrogens with zero attached hydrogens (tertiary/aromatic N) is 3. The van der Waals surface area contributed by atoms with Gasteiger partial charge in [-0.25, -0.2) is 0 Å². The molecule has 0 atom stereocenters. The number of hydrogen-bond donors (Lipinski definition) is 0. The smallest absolute Gasteiger partial charge is 0.119 e. The van der Waals surface area contributed by atoms with Crippen LogP contribution in [0.25, 0.3) is 0 Å². The van der Waals surface area contributed by atoms with E-state index in [0.717, 1.165) is 51.4 Å². The maximum absolute atomic E-state index is 5.89. The second-order valence-electron chi connectivity index (χ2n) is 7.61. The highest BCUT2D eigenvalue weighted by Gasteiger charge is 2.16. The molecule has 1 fully saturated rings. The highest BCUT2D eigenvalue weighted by molar-refractivity contribution is 5.28. The third kappa shape index (κ3) is 6.14. The quantitative estimate of drug-likeness (QED) is 0.584. The lowest BCUT2D eigenvalue weighted by molar-refractivity contribution is 0.128. The Labute approximate surface area is 173 Å². The summed E-state index contributed by atoms with van der Waals surface area (Å²) >= 11 is 0. The van der Waals surface area contributed by atoms with Crippen molar-refractivity contribution in [1.29, 1.82) is 0 Å². The van der Waals surface area contributed by atoms with Gasteiger partial charge in [-0.3, -0.25) is 9.88 Å². The van der Waals surface area contributed by atoms with E-state index in [4.69, 9.17) is 4.74 Å². The summed E-state index contributed by atoms with van der Waals surface area (Å²) in [6.07, 6.45) is 2.91. The summed E-state index contributed by atoms with van der Waals surface area (Å²) in [5.74, 6) is 0.928. The summed E-state index contributed by atoms with van der Waals surface area (Å²) < 4.78 is 5.89. The van der Waals surface area contributed by atoms with Gasteiger partial charge >= 0.3 is 0 Å². The first kappa shape index (κ1) is 19.6. The molecule has 1 aliphatic rings. The van der Waals surface area contributed by atoms with E-state index in [1.54, 1.807) is 0 Å². The first-order chi connectivity index (χ1) is 14.3. The van der Waals surface area contributed by atoms with Crippen LogP contribution in [0.2, 0.25) is 0 Å². The number of pyridine rings is 1. The zero-order valence-electron chi connectivity index (χ0n) is 16.9. The van der Waals surface area contributed by atoms with Gasteiger partial charge < -0.3 is 9.64 Å². The van der Waals surface area contributed by atoms with E-state index in [1.165, 1.54) is 16.8 Å². The van der Waals surface area contributed by atoms with E-state index in [-0.39, 0.29) is 0 Å². The summed E-state index contributed by atoms with van der Waals surface area (Å²) in [5.41, 5.74) is 3.72. The Morgan fingerprint density at radius 2 is 1.45 bits per heavy atom. The third-order valence-electron chi connectivity index (χ3n) is 5.45. The predicted molar refractivity (Wildman–Crippen MR) is 117 cm³/mol. The van der Waals surface area contributed by atoms with Gasteiger partial charge in [0.25, 0.3) is 0 Å². The molecule has 0 aliphatic carbocycles. The normalized spacial score (nSPS) is 15.3. The Balaban J connectivity index is 1.18. The van der Waals surface area contributed by atoms with Gasteiger partial charge in [0.2, 0.25) is 0 Å². The van der Waals surface area contributed by atoms with Gasteiger partial charge in [-0.15, -0.1) is 0 Å². The lowest BCUT2D eigenvalue weighted by Gasteiger charge is -2.34. The molecule has 0 amide bonds. The predicted octanol–water partition coefficient (Wildman–Crippen LogP) is 4.02. The van der Waals surface area contributed by atoms with E-state index in [1.807, 2.05) is 30.5 Å². The first-order valence-corrected chi connectivity index (χ1v) is 10.5. The van der Waals surface area contributed by atoms with Crippen molar-refractivity contribution >= 4 is 0 Å². The minimum Gasteiger partial charge on any atom is -0.489 e. The maximum atomic E-state index is 5.89. The minimum atomic E-state index is 0.612. The molecular weight excluding hydrogens is 358 g/mol. The summed E-state index contributed by atoms with van der Waals surface area (Å²) in [6.45, 7) is 7.21. The molecule has 1 aromatic heterocycles. The van der Waals surface area contributed by atoms with Gasteiger partial charge in [0.1, 0.15) is 12.4 Å². The molecule has 0 unspecified atom stereocenters. The molecular formula is C25H29N3O. The molecule has 0 saturated carbocycles. The highest BCUT2D eigenvalue weighted by atomic mass is 16.5. The largest absolute Gasteiger partial charge is 0.489 e. The van der Waals surface area contributed by atoms with Gasteiger partial charge in [0.15, 0.2) is 0 Å². The Morgan fingerprint density at radius 3 is 2.17 bits per heavy atom. The molecule has 1 saturated heterocycles. The molecule has 4 heteroatoms. The fraction of sp³-hybridized carbons (Fsp3) is 0.320. The lowest BCUT2D eigenvalue weighted by Crippen LogP contribution is -2.46. The molecule has 2 heterocycles. The molecule has 1 aliphatic heterocycles. The minimum absolute atomic E-state index is 0.612. The van der Waals surface area contributed by atoms with Gasteiger partial charge in [0.05, 0.1) is 0 Å². The third-order valence-corrected chi connectivity index (χ3v) is 5.45. The highest BCUT2D eigenvalue weighted by Crippen LogP contribution is 2.16. The van der Waals surface area contributed by atoms with Crippen LogP contribution in [0.5, 0.6) is 5.75 Å². The summed E-state index contributed by atoms with van der Waals surface area (Å²) in [4.78, 5) is 9.51. The average Bonchev–Trinajstić information content (AvgIpc) is 2.80. The second-order valence-corrected chi connectivity index (χ2v) is 7.61. The van der Waals surface area contributed by atoms with Gasteiger partial charge in [0, 0.05) is 57.6 Å². The number of rotatable bonds is 8. The number of hydrogen-bond acceptors (Lipinski definition) is 4. The van der Waals surface area contributed by atoms with E-state index >= 15 is 0 Å². The number of benzene rings is 2. The van der Waals surface area contributed by atoms with Crippen LogP contribution in [0.4, 0.5) is 0 Å². The van der Waals surface area contributed by atoms with E-state index in [2.05, 4.69) is 63.3 Å². The van der Waals surface area contributed by atoms with E-state index in [0.29, 0.717) is 6.61 Å². The molecule has 0 N–H and O–H groups in total. The standard InChI is InChI=1S/C25H29N3O/c1-2-6-23(7-3-1)21-29-25-11-9-22(10-12-25)20-28-18-16-27(17-19-28)15-13-24-8-4-5-14-26-24/h1-12,14H,13,15-21H2. The van der Waals surface area contributed by atoms with Gasteiger partial charge in [-0.05, 0) is 35.4 Å². The van der Waals surface area contributed by atoms with Crippen molar-refractivity contribution in [2.45, 2.75) is 19.6 Å². The van der Waals surface area contributed by atoms with E-state index < -0.39 is 0 Å². The number of ether oxygens (including phenoxy) is 1. The molecule has 4 rings (SSSR count). The average molecular weight is 388 g/mol. The second kappa shape index (κ2) is 10.2. The van der Waals surface area contributed by atoms with Crippen LogP contribution in [0.3, 0.4) is 0 Å². The topological polar surface area (TPSA) is 28.6 Å². The van der Waals surface area contributed by atoms with Crippen molar-refractivity contribution in [3.8, 4) is 5.75 Å². The van der Waals surface area contributed by atoms with E-state index in [9.17, 15) is 0 Å². The maximum Gasteiger partial charge on any atom is 0.119 e. The molecule has 2 aromatic carbocycles. The Bertz CT molecular complexity index is 844. The first-order valence-electron chi connectivity index (χ1n) is 10.5. The van der Waals surface area contributed by atoms with Crippen LogP contribution >= 0.6 is 0 Å². The zero-order valence-corrected chi connectivity index (χ0v) is 16.9. The molecule has 0 spiro atoms. The van der Waals surface area contributed by atoms with Crippen LogP contribution in [0.1, 0.15) is 16.8 Å². The molecule has 150 valence electrons. The summed E-state index contributed by atoms with van der Waals surface area (Å²) in [7, 11) is 0. The summed E-state index contributed by atoms with van der Waals surface area (Å²) in [5, 5.41) is 0. The van der Waals surface area contributed by atoms with Crippen molar-refractivity contribution in [3.05, 3.63) is 95.8 Å². The van der Waals surface area contributed by atoms with Crippen molar-refractivity contribution in [2.75, 3.05) is 32.7 Å². The Kier molecular flexibility index (Phi) is 6.89. The van der Waals surface area contributed by atoms with Crippen LogP contribution in [-0.4, -0.2) is 47.5 Å². The van der Waals surface area contributed by atoms with Crippen LogP contribution in [-0.2, 0) is 19.6 Å². The molecule has 0 radical (unpaired) electrons. The van der Waals surface area contributed by atoms with Crippen molar-refractivity contribution < 1.29 is 4.74 Å². The van der Waals surface area contributed by atoms with Crippen molar-refractivity contribution in [3.63, 3.8) is 0 Å². The van der Waals surface area contributed by atoms with Crippen LogP contribution in [0, 0.1) is 0 Å². The number of piperazine rings is 1. The monoisotopic (exact) mass is 387 g/mol. The Morgan fingerprint density at radius 1 is 0.724 bits per heavy atom. The molecule has 29 heavy (non-hydrogen) atoms. The molecule has 3 aromatic rings. The summed E-state index contributed by atoms with van der Waals surface area (Å²) in [6, 6.07) is 25.0. The fourth-order valence-electron chi connectivity index (χ4n) is 3.68. The lowest BCUT2D eigenvalue weighted by atomic mass is 10.2. The van der Waals surface area contributed by atoms with Crippen LogP contribution in [0.15, 0.2) is 79.0 Å². The van der Waals surface area contributed by atoms with Gasteiger partial charge in [-0.2, -0.15) is 0 Å². The fourth-order valence-corrected chi connectivity index (χ4v) is 3.68. The van der Waals surface area contributed by atoms with Gasteiger partial charge in [-0.1, -0.05) is 48.5 Å². The zero-order chi connectivity index (χ0) is 19.7. The van der Waals surface area contributed by atoms with Crippen LogP contribution < -0.4 is 4.74 Å².